The van der Waals surface area contributed by atoms with Crippen molar-refractivity contribution in [1.82, 2.24) is 20.2 Å². The van der Waals surface area contributed by atoms with E-state index in [1.54, 1.807) is 36.3 Å². The van der Waals surface area contributed by atoms with Gasteiger partial charge in [-0.2, -0.15) is 0 Å². The third-order valence-electron chi connectivity index (χ3n) is 5.12. The van der Waals surface area contributed by atoms with E-state index in [0.717, 1.165) is 11.6 Å². The number of hydrogen-bond donors (Lipinski definition) is 4. The van der Waals surface area contributed by atoms with Gasteiger partial charge in [0, 0.05) is 54.6 Å². The minimum atomic E-state index is -0.603. The van der Waals surface area contributed by atoms with Gasteiger partial charge in [-0.05, 0) is 24.3 Å². The van der Waals surface area contributed by atoms with Gasteiger partial charge in [0.05, 0.1) is 35.5 Å². The molecule has 1 saturated heterocycles. The molecular weight excluding hydrogens is 384 g/mol. The first kappa shape index (κ1) is 19.6. The van der Waals surface area contributed by atoms with Gasteiger partial charge in [-0.1, -0.05) is 0 Å². The lowest BCUT2D eigenvalue weighted by atomic mass is 10.1. The zero-order valence-electron chi connectivity index (χ0n) is 16.5. The lowest BCUT2D eigenvalue weighted by molar-refractivity contribution is 0.0303. The number of benzene rings is 1. The van der Waals surface area contributed by atoms with Crippen LogP contribution in [0.15, 0.2) is 30.5 Å². The number of fused-ring (bicyclic) bond motifs is 3. The quantitative estimate of drug-likeness (QED) is 0.476. The van der Waals surface area contributed by atoms with Crippen LogP contribution in [-0.2, 0) is 4.74 Å². The Hall–Kier alpha value is -3.72. The molecule has 5 N–H and O–H groups in total. The molecule has 4 rings (SSSR count). The fraction of sp³-hybridized carbons (Fsp3) is 0.238. The normalized spacial score (nSPS) is 14.8. The monoisotopic (exact) mass is 406 g/mol. The Morgan fingerprint density at radius 2 is 2.07 bits per heavy atom. The van der Waals surface area contributed by atoms with E-state index in [4.69, 9.17) is 15.9 Å². The molecule has 1 aliphatic rings. The zero-order chi connectivity index (χ0) is 21.3. The molecule has 0 saturated carbocycles. The van der Waals surface area contributed by atoms with Crippen LogP contribution < -0.4 is 11.1 Å². The number of pyridine rings is 1. The molecule has 1 fully saturated rings. The fourth-order valence-corrected chi connectivity index (χ4v) is 3.62. The third kappa shape index (κ3) is 3.39. The van der Waals surface area contributed by atoms with Gasteiger partial charge in [0.1, 0.15) is 0 Å². The van der Waals surface area contributed by atoms with Gasteiger partial charge < -0.3 is 31.1 Å². The van der Waals surface area contributed by atoms with E-state index in [2.05, 4.69) is 15.3 Å². The molecule has 3 aromatic rings. The van der Waals surface area contributed by atoms with Crippen molar-refractivity contribution in [2.75, 3.05) is 33.4 Å². The van der Waals surface area contributed by atoms with Gasteiger partial charge in [0.15, 0.2) is 0 Å². The summed E-state index contributed by atoms with van der Waals surface area (Å²) in [6.45, 7) is 2.18. The van der Waals surface area contributed by atoms with E-state index < -0.39 is 5.91 Å². The van der Waals surface area contributed by atoms with Crippen LogP contribution in [0.4, 0.5) is 0 Å². The van der Waals surface area contributed by atoms with Crippen molar-refractivity contribution in [3.63, 3.8) is 0 Å². The number of nitrogens with two attached hydrogens (primary N) is 1. The van der Waals surface area contributed by atoms with Crippen LogP contribution in [0.1, 0.15) is 26.4 Å². The van der Waals surface area contributed by atoms with Crippen molar-refractivity contribution in [2.45, 2.75) is 0 Å². The van der Waals surface area contributed by atoms with E-state index in [1.807, 2.05) is 6.07 Å². The molecule has 0 atom stereocenters. The number of nitrogens with one attached hydrogen (secondary N) is 3. The second-order valence-corrected chi connectivity index (χ2v) is 6.97. The Morgan fingerprint density at radius 3 is 2.73 bits per heavy atom. The maximum absolute atomic E-state index is 12.8. The second kappa shape index (κ2) is 7.96. The smallest absolute Gasteiger partial charge is 0.254 e. The molecule has 0 radical (unpaired) electrons. The highest BCUT2D eigenvalue weighted by Gasteiger charge is 2.21. The Morgan fingerprint density at radius 1 is 1.30 bits per heavy atom. The number of hydrogen-bond acceptors (Lipinski definition) is 6. The minimum Gasteiger partial charge on any atom is -0.393 e. The summed E-state index contributed by atoms with van der Waals surface area (Å²) in [5, 5.41) is 11.3. The standard InChI is InChI=1S/C21H22N6O3/c1-24-11-13(10-22)16-9-15(20(23)28)19-18(25-16)14-3-2-12(8-17(14)26-19)21(29)27-4-6-30-7-5-27/h2-3,8-11,22,24,26H,4-7H2,1H3,(H2,23,28)/b13-11+,22-10?. The zero-order valence-corrected chi connectivity index (χ0v) is 16.5. The van der Waals surface area contributed by atoms with Crippen LogP contribution in [0.2, 0.25) is 0 Å². The number of amides is 2. The summed E-state index contributed by atoms with van der Waals surface area (Å²) < 4.78 is 5.31. The molecule has 154 valence electrons. The van der Waals surface area contributed by atoms with Gasteiger partial charge in [-0.25, -0.2) is 4.98 Å². The molecule has 30 heavy (non-hydrogen) atoms. The predicted molar refractivity (Wildman–Crippen MR) is 115 cm³/mol. The highest BCUT2D eigenvalue weighted by Crippen LogP contribution is 2.29. The molecule has 0 bridgehead atoms. The van der Waals surface area contributed by atoms with Crippen molar-refractivity contribution < 1.29 is 14.3 Å². The summed E-state index contributed by atoms with van der Waals surface area (Å²) in [6, 6.07) is 6.90. The maximum atomic E-state index is 12.8. The van der Waals surface area contributed by atoms with Gasteiger partial charge in [-0.3, -0.25) is 9.59 Å². The van der Waals surface area contributed by atoms with Gasteiger partial charge >= 0.3 is 0 Å². The van der Waals surface area contributed by atoms with Crippen LogP contribution in [0.25, 0.3) is 27.5 Å². The van der Waals surface area contributed by atoms with E-state index in [-0.39, 0.29) is 11.5 Å². The predicted octanol–water partition coefficient (Wildman–Crippen LogP) is 1.50. The number of nitrogens with zero attached hydrogens (tertiary/aromatic N) is 2. The first-order chi connectivity index (χ1) is 14.5. The Labute approximate surface area is 172 Å². The van der Waals surface area contributed by atoms with Crippen molar-refractivity contribution >= 4 is 45.5 Å². The molecule has 2 aromatic heterocycles. The first-order valence-corrected chi connectivity index (χ1v) is 9.55. The van der Waals surface area contributed by atoms with Crippen LogP contribution >= 0.6 is 0 Å². The highest BCUT2D eigenvalue weighted by molar-refractivity contribution is 6.16. The maximum Gasteiger partial charge on any atom is 0.254 e. The Kier molecular flexibility index (Phi) is 5.20. The fourth-order valence-electron chi connectivity index (χ4n) is 3.62. The molecule has 0 aliphatic carbocycles. The summed E-state index contributed by atoms with van der Waals surface area (Å²) in [4.78, 5) is 34.5. The van der Waals surface area contributed by atoms with Crippen molar-refractivity contribution in [1.29, 1.82) is 5.41 Å². The van der Waals surface area contributed by atoms with Crippen molar-refractivity contribution in [3.8, 4) is 0 Å². The Bertz CT molecular complexity index is 1190. The number of rotatable bonds is 5. The second-order valence-electron chi connectivity index (χ2n) is 6.97. The number of aromatic amines is 1. The number of carbonyl (C=O) groups excluding carboxylic acids is 2. The summed E-state index contributed by atoms with van der Waals surface area (Å²) in [5.41, 5.74) is 9.15. The van der Waals surface area contributed by atoms with E-state index in [1.165, 1.54) is 0 Å². The number of morpholine rings is 1. The van der Waals surface area contributed by atoms with Crippen molar-refractivity contribution in [3.05, 3.63) is 47.3 Å². The Balaban J connectivity index is 1.86. The summed E-state index contributed by atoms with van der Waals surface area (Å²) >= 11 is 0. The molecule has 1 aromatic carbocycles. The number of aromatic nitrogens is 2. The molecule has 1 aliphatic heterocycles. The van der Waals surface area contributed by atoms with Crippen LogP contribution in [0.5, 0.6) is 0 Å². The number of allylic oxidation sites excluding steroid dienone is 1. The summed E-state index contributed by atoms with van der Waals surface area (Å²) in [7, 11) is 1.72. The third-order valence-corrected chi connectivity index (χ3v) is 5.12. The largest absolute Gasteiger partial charge is 0.393 e. The number of ether oxygens (including phenoxy) is 1. The van der Waals surface area contributed by atoms with Crippen molar-refractivity contribution in [2.24, 2.45) is 5.73 Å². The molecule has 9 nitrogen and oxygen atoms in total. The topological polar surface area (TPSA) is 137 Å². The van der Waals surface area contributed by atoms with Gasteiger partial charge in [0.25, 0.3) is 11.8 Å². The average molecular weight is 406 g/mol. The number of primary amides is 1. The number of H-pyrrole nitrogens is 1. The molecule has 9 heteroatoms. The minimum absolute atomic E-state index is 0.0642. The van der Waals surface area contributed by atoms with Crippen LogP contribution in [-0.4, -0.2) is 66.2 Å². The van der Waals surface area contributed by atoms with E-state index in [9.17, 15) is 9.59 Å². The van der Waals surface area contributed by atoms with Gasteiger partial charge in [-0.15, -0.1) is 0 Å². The lowest BCUT2D eigenvalue weighted by Crippen LogP contribution is -2.40. The summed E-state index contributed by atoms with van der Waals surface area (Å²) in [5.74, 6) is -0.667. The van der Waals surface area contributed by atoms with E-state index >= 15 is 0 Å². The van der Waals surface area contributed by atoms with E-state index in [0.29, 0.717) is 59.7 Å². The molecule has 2 amide bonds. The average Bonchev–Trinajstić information content (AvgIpc) is 3.14. The molecular formula is C21H22N6O3. The summed E-state index contributed by atoms with van der Waals surface area (Å²) in [6.07, 6.45) is 2.78. The lowest BCUT2D eigenvalue weighted by Gasteiger charge is -2.26. The molecule has 0 unspecified atom stereocenters. The first-order valence-electron chi connectivity index (χ1n) is 9.55. The van der Waals surface area contributed by atoms with Crippen LogP contribution in [0.3, 0.4) is 0 Å². The van der Waals surface area contributed by atoms with Crippen LogP contribution in [0, 0.1) is 5.41 Å². The number of carbonyl (C=O) groups is 2. The highest BCUT2D eigenvalue weighted by atomic mass is 16.5. The van der Waals surface area contributed by atoms with Gasteiger partial charge in [0.2, 0.25) is 0 Å². The molecule has 0 spiro atoms. The SMILES string of the molecule is CN/C=C(\C=N)c1cc(C(N)=O)c2[nH]c3cc(C(=O)N4CCOCC4)ccc3c2n1. The molecule has 3 heterocycles.